The molecule has 0 atom stereocenters. The van der Waals surface area contributed by atoms with Gasteiger partial charge in [-0.15, -0.1) is 0 Å². The van der Waals surface area contributed by atoms with Gasteiger partial charge in [0.05, 0.1) is 11.3 Å². The van der Waals surface area contributed by atoms with Crippen molar-refractivity contribution in [3.63, 3.8) is 0 Å². The molecule has 0 fully saturated rings. The third kappa shape index (κ3) is 4.36. The van der Waals surface area contributed by atoms with E-state index in [2.05, 4.69) is 5.32 Å². The first-order valence-corrected chi connectivity index (χ1v) is 10.4. The Morgan fingerprint density at radius 1 is 1.07 bits per heavy atom. The van der Waals surface area contributed by atoms with E-state index < -0.39 is 15.9 Å². The number of benzene rings is 2. The summed E-state index contributed by atoms with van der Waals surface area (Å²) < 4.78 is 25.2. The van der Waals surface area contributed by atoms with Crippen LogP contribution in [0.2, 0.25) is 0 Å². The second-order valence-corrected chi connectivity index (χ2v) is 8.95. The van der Waals surface area contributed by atoms with Crippen LogP contribution in [-0.4, -0.2) is 56.0 Å². The van der Waals surface area contributed by atoms with Crippen LogP contribution in [-0.2, 0) is 26.0 Å². The molecule has 0 saturated heterocycles. The van der Waals surface area contributed by atoms with Crippen LogP contribution in [0.25, 0.3) is 0 Å². The van der Waals surface area contributed by atoms with Crippen molar-refractivity contribution in [2.24, 2.45) is 0 Å². The van der Waals surface area contributed by atoms with Gasteiger partial charge in [0.1, 0.15) is 0 Å². The summed E-state index contributed by atoms with van der Waals surface area (Å²) in [6.07, 6.45) is 0.0722. The first kappa shape index (κ1) is 20.7. The number of rotatable bonds is 6. The first-order chi connectivity index (χ1) is 13.7. The number of carbonyl (C=O) groups excluding carboxylic acids is 3. The molecule has 1 heterocycles. The first-order valence-electron chi connectivity index (χ1n) is 8.95. The molecule has 2 aromatic rings. The van der Waals surface area contributed by atoms with Crippen molar-refractivity contribution >= 4 is 33.4 Å². The quantitative estimate of drug-likeness (QED) is 0.720. The van der Waals surface area contributed by atoms with Gasteiger partial charge in [0.15, 0.2) is 0 Å². The highest BCUT2D eigenvalue weighted by atomic mass is 32.2. The van der Waals surface area contributed by atoms with Crippen LogP contribution >= 0.6 is 0 Å². The van der Waals surface area contributed by atoms with E-state index in [0.717, 1.165) is 9.21 Å². The number of hydrogen-bond donors (Lipinski definition) is 1. The molecule has 0 aliphatic carbocycles. The summed E-state index contributed by atoms with van der Waals surface area (Å²) in [7, 11) is -0.670. The van der Waals surface area contributed by atoms with Crippen LogP contribution in [0.1, 0.15) is 22.3 Å². The molecular formula is C20H21N3O5S. The summed E-state index contributed by atoms with van der Waals surface area (Å²) >= 11 is 0. The van der Waals surface area contributed by atoms with Gasteiger partial charge in [-0.25, -0.2) is 12.7 Å². The molecule has 29 heavy (non-hydrogen) atoms. The summed E-state index contributed by atoms with van der Waals surface area (Å²) in [6.45, 7) is -0.0229. The molecular weight excluding hydrogens is 394 g/mol. The maximum Gasteiger partial charge on any atom is 0.260 e. The minimum Gasteiger partial charge on any atom is -0.326 e. The molecule has 0 bridgehead atoms. The Kier molecular flexibility index (Phi) is 5.81. The molecule has 9 heteroatoms. The molecule has 1 N–H and O–H groups in total. The van der Waals surface area contributed by atoms with Crippen molar-refractivity contribution < 1.29 is 22.8 Å². The number of fused-ring (bicyclic) bond motifs is 1. The fourth-order valence-corrected chi connectivity index (χ4v) is 3.89. The molecule has 3 rings (SSSR count). The van der Waals surface area contributed by atoms with Gasteiger partial charge in [0, 0.05) is 38.3 Å². The van der Waals surface area contributed by atoms with E-state index in [9.17, 15) is 22.8 Å². The highest BCUT2D eigenvalue weighted by Crippen LogP contribution is 2.20. The molecule has 0 radical (unpaired) electrons. The number of amides is 3. The smallest absolute Gasteiger partial charge is 0.260 e. The van der Waals surface area contributed by atoms with Gasteiger partial charge in [-0.3, -0.25) is 19.3 Å². The number of carbonyl (C=O) groups is 3. The van der Waals surface area contributed by atoms with Crippen molar-refractivity contribution in [2.45, 2.75) is 17.7 Å². The molecule has 0 unspecified atom stereocenters. The lowest BCUT2D eigenvalue weighted by Gasteiger charge is -2.26. The highest BCUT2D eigenvalue weighted by molar-refractivity contribution is 7.89. The maximum atomic E-state index is 12.5. The molecule has 0 saturated carbocycles. The minimum absolute atomic E-state index is 0.0229. The number of hydrogen-bond acceptors (Lipinski definition) is 5. The number of nitrogens with one attached hydrogen (secondary N) is 1. The number of imide groups is 1. The zero-order valence-electron chi connectivity index (χ0n) is 16.1. The Hall–Kier alpha value is -3.04. The van der Waals surface area contributed by atoms with Crippen LogP contribution in [0.5, 0.6) is 0 Å². The standard InChI is InChI=1S/C20H21N3O5S/c1-22(2)29(27,28)16-9-7-15(8-10-16)21-18(24)11-12-23-19(25)13-14-5-3-4-6-17(14)20(23)26/h3-10H,11-13H2,1-2H3,(H,21,24). The molecule has 0 spiro atoms. The second-order valence-electron chi connectivity index (χ2n) is 6.79. The molecule has 1 aliphatic rings. The van der Waals surface area contributed by atoms with Gasteiger partial charge < -0.3 is 5.32 Å². The Morgan fingerprint density at radius 2 is 1.72 bits per heavy atom. The fourth-order valence-electron chi connectivity index (χ4n) is 2.98. The highest BCUT2D eigenvalue weighted by Gasteiger charge is 2.30. The summed E-state index contributed by atoms with van der Waals surface area (Å²) in [4.78, 5) is 38.2. The summed E-state index contributed by atoms with van der Waals surface area (Å²) in [6, 6.07) is 12.7. The van der Waals surface area contributed by atoms with Gasteiger partial charge in [-0.2, -0.15) is 0 Å². The SMILES string of the molecule is CN(C)S(=O)(=O)c1ccc(NC(=O)CCN2C(=O)Cc3ccccc3C2=O)cc1. The minimum atomic E-state index is -3.54. The molecule has 1 aliphatic heterocycles. The van der Waals surface area contributed by atoms with Gasteiger partial charge in [-0.05, 0) is 35.9 Å². The molecule has 152 valence electrons. The van der Waals surface area contributed by atoms with Crippen molar-refractivity contribution in [3.8, 4) is 0 Å². The monoisotopic (exact) mass is 415 g/mol. The van der Waals surface area contributed by atoms with Crippen LogP contribution in [0.15, 0.2) is 53.4 Å². The lowest BCUT2D eigenvalue weighted by molar-refractivity contribution is -0.128. The summed E-state index contributed by atoms with van der Waals surface area (Å²) in [5.74, 6) is -1.12. The number of nitrogens with zero attached hydrogens (tertiary/aromatic N) is 2. The van der Waals surface area contributed by atoms with Crippen LogP contribution in [0.3, 0.4) is 0 Å². The van der Waals surface area contributed by atoms with Crippen LogP contribution < -0.4 is 5.32 Å². The Labute approximate surface area is 169 Å². The van der Waals surface area contributed by atoms with Gasteiger partial charge >= 0.3 is 0 Å². The molecule has 0 aromatic heterocycles. The van der Waals surface area contributed by atoms with Crippen molar-refractivity contribution in [3.05, 3.63) is 59.7 Å². The average Bonchev–Trinajstić information content (AvgIpc) is 2.68. The fraction of sp³-hybridized carbons (Fsp3) is 0.250. The van der Waals surface area contributed by atoms with Crippen molar-refractivity contribution in [1.29, 1.82) is 0 Å². The Morgan fingerprint density at radius 3 is 2.38 bits per heavy atom. The summed E-state index contributed by atoms with van der Waals surface area (Å²) in [5.41, 5.74) is 1.59. The third-order valence-electron chi connectivity index (χ3n) is 4.61. The largest absolute Gasteiger partial charge is 0.326 e. The summed E-state index contributed by atoms with van der Waals surface area (Å²) in [5, 5.41) is 2.64. The van der Waals surface area contributed by atoms with Crippen molar-refractivity contribution in [1.82, 2.24) is 9.21 Å². The predicted molar refractivity (Wildman–Crippen MR) is 107 cm³/mol. The van der Waals surface area contributed by atoms with Gasteiger partial charge in [0.2, 0.25) is 21.8 Å². The van der Waals surface area contributed by atoms with E-state index >= 15 is 0 Å². The zero-order chi connectivity index (χ0) is 21.2. The van der Waals surface area contributed by atoms with Gasteiger partial charge in [0.25, 0.3) is 5.91 Å². The van der Waals surface area contributed by atoms with Crippen molar-refractivity contribution in [2.75, 3.05) is 26.0 Å². The third-order valence-corrected chi connectivity index (χ3v) is 6.44. The Bertz CT molecular complexity index is 1060. The van der Waals surface area contributed by atoms with E-state index in [-0.39, 0.29) is 36.1 Å². The number of sulfonamides is 1. The lowest BCUT2D eigenvalue weighted by Crippen LogP contribution is -2.43. The van der Waals surface area contributed by atoms with Crippen LogP contribution in [0, 0.1) is 0 Å². The normalized spacial score (nSPS) is 14.1. The Balaban J connectivity index is 1.61. The average molecular weight is 415 g/mol. The molecule has 2 aromatic carbocycles. The van der Waals surface area contributed by atoms with E-state index in [4.69, 9.17) is 0 Å². The zero-order valence-corrected chi connectivity index (χ0v) is 16.9. The maximum absolute atomic E-state index is 12.5. The predicted octanol–water partition coefficient (Wildman–Crippen LogP) is 1.49. The lowest BCUT2D eigenvalue weighted by atomic mass is 9.98. The van der Waals surface area contributed by atoms with E-state index in [1.807, 2.05) is 0 Å². The van der Waals surface area contributed by atoms with Crippen LogP contribution in [0.4, 0.5) is 5.69 Å². The van der Waals surface area contributed by atoms with E-state index in [0.29, 0.717) is 16.8 Å². The number of anilines is 1. The second kappa shape index (κ2) is 8.14. The van der Waals surface area contributed by atoms with Gasteiger partial charge in [-0.1, -0.05) is 18.2 Å². The molecule has 3 amide bonds. The van der Waals surface area contributed by atoms with E-state index in [1.165, 1.54) is 38.4 Å². The molecule has 8 nitrogen and oxygen atoms in total. The topological polar surface area (TPSA) is 104 Å². The van der Waals surface area contributed by atoms with E-state index in [1.54, 1.807) is 24.3 Å².